The smallest absolute Gasteiger partial charge is 0.267 e. The van der Waals surface area contributed by atoms with E-state index < -0.39 is 6.43 Å². The Morgan fingerprint density at radius 3 is 2.92 bits per heavy atom. The van der Waals surface area contributed by atoms with E-state index in [1.165, 1.54) is 12.4 Å². The van der Waals surface area contributed by atoms with Crippen molar-refractivity contribution in [1.29, 1.82) is 0 Å². The molecule has 13 heavy (non-hydrogen) atoms. The van der Waals surface area contributed by atoms with E-state index in [1.807, 2.05) is 0 Å². The molecule has 0 saturated carbocycles. The Hall–Kier alpha value is -1.04. The number of fused-ring (bicyclic) bond motifs is 1. The number of nitrogens with zero attached hydrogens (tertiary/aromatic N) is 2. The first-order valence-electron chi connectivity index (χ1n) is 3.46. The maximum Gasteiger partial charge on any atom is 0.267 e. The molecule has 0 aliphatic rings. The first-order valence-corrected chi connectivity index (χ1v) is 4.25. The van der Waals surface area contributed by atoms with Crippen LogP contribution in [-0.2, 0) is 0 Å². The normalized spacial score (nSPS) is 11.4. The lowest BCUT2D eigenvalue weighted by atomic mass is 10.3. The van der Waals surface area contributed by atoms with Crippen LogP contribution < -0.4 is 0 Å². The zero-order valence-electron chi connectivity index (χ0n) is 6.26. The predicted octanol–water partition coefficient (Wildman–Crippen LogP) is 2.66. The van der Waals surface area contributed by atoms with Crippen molar-refractivity contribution in [3.63, 3.8) is 0 Å². The van der Waals surface area contributed by atoms with Gasteiger partial charge in [-0.25, -0.2) is 18.7 Å². The Kier molecular flexibility index (Phi) is 1.99. The SMILES string of the molecule is FC(F)c1c[nH]c2ncc(Br)nc12. The summed E-state index contributed by atoms with van der Waals surface area (Å²) in [7, 11) is 0. The molecule has 3 nitrogen and oxygen atoms in total. The fourth-order valence-corrected chi connectivity index (χ4v) is 1.33. The van der Waals surface area contributed by atoms with Gasteiger partial charge in [0.1, 0.15) is 10.1 Å². The Morgan fingerprint density at radius 1 is 1.46 bits per heavy atom. The molecule has 0 aliphatic carbocycles. The second kappa shape index (κ2) is 3.02. The molecule has 0 saturated heterocycles. The van der Waals surface area contributed by atoms with Crippen LogP contribution in [0.15, 0.2) is 17.0 Å². The summed E-state index contributed by atoms with van der Waals surface area (Å²) in [5.41, 5.74) is 0.465. The topological polar surface area (TPSA) is 41.6 Å². The molecule has 6 heteroatoms. The second-order valence-corrected chi connectivity index (χ2v) is 3.25. The molecule has 0 aromatic carbocycles. The molecule has 2 rings (SSSR count). The molecule has 68 valence electrons. The lowest BCUT2D eigenvalue weighted by molar-refractivity contribution is 0.153. The fraction of sp³-hybridized carbons (Fsp3) is 0.143. The van der Waals surface area contributed by atoms with Crippen LogP contribution in [0.1, 0.15) is 12.0 Å². The van der Waals surface area contributed by atoms with E-state index in [4.69, 9.17) is 0 Å². The van der Waals surface area contributed by atoms with Crippen LogP contribution in [0.2, 0.25) is 0 Å². The molecule has 0 spiro atoms. The summed E-state index contributed by atoms with van der Waals surface area (Å²) in [5.74, 6) is 0. The van der Waals surface area contributed by atoms with Crippen molar-refractivity contribution in [1.82, 2.24) is 15.0 Å². The minimum Gasteiger partial charge on any atom is -0.344 e. The van der Waals surface area contributed by atoms with Crippen molar-refractivity contribution >= 4 is 27.1 Å². The Labute approximate surface area is 80.3 Å². The molecule has 0 radical (unpaired) electrons. The van der Waals surface area contributed by atoms with Crippen LogP contribution in [0.3, 0.4) is 0 Å². The van der Waals surface area contributed by atoms with Crippen molar-refractivity contribution < 1.29 is 8.78 Å². The molecular formula is C7H4BrF2N3. The first kappa shape index (κ1) is 8.55. The molecule has 2 heterocycles. The number of rotatable bonds is 1. The second-order valence-electron chi connectivity index (χ2n) is 2.43. The van der Waals surface area contributed by atoms with Crippen molar-refractivity contribution in [2.45, 2.75) is 6.43 Å². The molecule has 0 atom stereocenters. The zero-order valence-corrected chi connectivity index (χ0v) is 7.85. The number of alkyl halides is 2. The van der Waals surface area contributed by atoms with Crippen LogP contribution in [0.5, 0.6) is 0 Å². The van der Waals surface area contributed by atoms with Crippen LogP contribution in [0.25, 0.3) is 11.2 Å². The first-order chi connectivity index (χ1) is 6.18. The van der Waals surface area contributed by atoms with Gasteiger partial charge in [0.25, 0.3) is 6.43 Å². The van der Waals surface area contributed by atoms with Crippen molar-refractivity contribution in [2.75, 3.05) is 0 Å². The van der Waals surface area contributed by atoms with Gasteiger partial charge >= 0.3 is 0 Å². The number of hydrogen-bond acceptors (Lipinski definition) is 2. The average molecular weight is 248 g/mol. The van der Waals surface area contributed by atoms with E-state index in [-0.39, 0.29) is 11.1 Å². The van der Waals surface area contributed by atoms with Gasteiger partial charge in [0.05, 0.1) is 11.8 Å². The molecule has 0 bridgehead atoms. The number of hydrogen-bond donors (Lipinski definition) is 1. The monoisotopic (exact) mass is 247 g/mol. The van der Waals surface area contributed by atoms with Crippen LogP contribution in [0, 0.1) is 0 Å². The standard InChI is InChI=1S/C7H4BrF2N3/c8-4-2-12-7-5(13-4)3(1-11-7)6(9)10/h1-2,6H,(H,11,12). The fourth-order valence-electron chi connectivity index (χ4n) is 1.06. The molecular weight excluding hydrogens is 244 g/mol. The van der Waals surface area contributed by atoms with Crippen molar-refractivity contribution in [3.8, 4) is 0 Å². The Morgan fingerprint density at radius 2 is 2.23 bits per heavy atom. The van der Waals surface area contributed by atoms with E-state index in [9.17, 15) is 8.78 Å². The summed E-state index contributed by atoms with van der Waals surface area (Å²) in [6.07, 6.45) is 0.146. The van der Waals surface area contributed by atoms with Gasteiger partial charge in [-0.3, -0.25) is 0 Å². The van der Waals surface area contributed by atoms with Gasteiger partial charge in [-0.15, -0.1) is 0 Å². The highest BCUT2D eigenvalue weighted by atomic mass is 79.9. The number of nitrogens with one attached hydrogen (secondary N) is 1. The average Bonchev–Trinajstić information content (AvgIpc) is 2.46. The zero-order chi connectivity index (χ0) is 9.42. The lowest BCUT2D eigenvalue weighted by Crippen LogP contribution is -1.86. The number of aromatic nitrogens is 3. The van der Waals surface area contributed by atoms with Gasteiger partial charge in [-0.1, -0.05) is 0 Å². The summed E-state index contributed by atoms with van der Waals surface area (Å²) in [4.78, 5) is 10.4. The summed E-state index contributed by atoms with van der Waals surface area (Å²) in [6.45, 7) is 0. The molecule has 0 unspecified atom stereocenters. The van der Waals surface area contributed by atoms with Gasteiger partial charge in [0.2, 0.25) is 0 Å². The largest absolute Gasteiger partial charge is 0.344 e. The Bertz CT molecular complexity index is 440. The van der Waals surface area contributed by atoms with Gasteiger partial charge in [0.15, 0.2) is 5.65 Å². The van der Waals surface area contributed by atoms with E-state index in [2.05, 4.69) is 30.9 Å². The number of H-pyrrole nitrogens is 1. The lowest BCUT2D eigenvalue weighted by Gasteiger charge is -1.94. The summed E-state index contributed by atoms with van der Waals surface area (Å²) in [6, 6.07) is 0. The Balaban J connectivity index is 2.71. The summed E-state index contributed by atoms with van der Waals surface area (Å²) in [5, 5.41) is 0. The molecule has 2 aromatic rings. The van der Waals surface area contributed by atoms with Gasteiger partial charge < -0.3 is 4.98 Å². The molecule has 1 N–H and O–H groups in total. The third kappa shape index (κ3) is 1.41. The van der Waals surface area contributed by atoms with Gasteiger partial charge in [0, 0.05) is 6.20 Å². The predicted molar refractivity (Wildman–Crippen MR) is 46.5 cm³/mol. The van der Waals surface area contributed by atoms with Crippen molar-refractivity contribution in [3.05, 3.63) is 22.6 Å². The van der Waals surface area contributed by atoms with E-state index in [0.717, 1.165) is 0 Å². The number of halogens is 3. The molecule has 0 amide bonds. The maximum absolute atomic E-state index is 12.4. The number of aromatic amines is 1. The minimum absolute atomic E-state index is 0.121. The van der Waals surface area contributed by atoms with E-state index in [0.29, 0.717) is 10.3 Å². The third-order valence-electron chi connectivity index (χ3n) is 1.62. The highest BCUT2D eigenvalue weighted by Crippen LogP contribution is 2.25. The van der Waals surface area contributed by atoms with E-state index >= 15 is 0 Å². The summed E-state index contributed by atoms with van der Waals surface area (Å²) < 4.78 is 25.2. The summed E-state index contributed by atoms with van der Waals surface area (Å²) >= 11 is 3.07. The van der Waals surface area contributed by atoms with Crippen molar-refractivity contribution in [2.24, 2.45) is 0 Å². The molecule has 0 fully saturated rings. The minimum atomic E-state index is -2.53. The third-order valence-corrected chi connectivity index (χ3v) is 2.00. The van der Waals surface area contributed by atoms with Crippen LogP contribution in [0.4, 0.5) is 8.78 Å². The highest BCUT2D eigenvalue weighted by molar-refractivity contribution is 9.10. The van der Waals surface area contributed by atoms with E-state index in [1.54, 1.807) is 0 Å². The molecule has 0 aliphatic heterocycles. The van der Waals surface area contributed by atoms with Crippen LogP contribution >= 0.6 is 15.9 Å². The molecule has 2 aromatic heterocycles. The van der Waals surface area contributed by atoms with Gasteiger partial charge in [-0.05, 0) is 15.9 Å². The van der Waals surface area contributed by atoms with Crippen LogP contribution in [-0.4, -0.2) is 15.0 Å². The highest BCUT2D eigenvalue weighted by Gasteiger charge is 2.15. The maximum atomic E-state index is 12.4. The van der Waals surface area contributed by atoms with Gasteiger partial charge in [-0.2, -0.15) is 0 Å². The quantitative estimate of drug-likeness (QED) is 0.842.